The molecule has 2 heterocycles. The van der Waals surface area contributed by atoms with Gasteiger partial charge in [-0.3, -0.25) is 9.59 Å². The molecule has 0 spiro atoms. The average Bonchev–Trinajstić information content (AvgIpc) is 2.75. The molecule has 2 aromatic rings. The highest BCUT2D eigenvalue weighted by atomic mass is 35.5. The Morgan fingerprint density at radius 2 is 2.26 bits per heavy atom. The minimum Gasteiger partial charge on any atom is -0.360 e. The molecule has 0 saturated heterocycles. The molecule has 0 aliphatic rings. The number of carbonyl (C=O) groups is 1. The van der Waals surface area contributed by atoms with Crippen LogP contribution >= 0.6 is 23.2 Å². The summed E-state index contributed by atoms with van der Waals surface area (Å²) in [4.78, 5) is 23.3. The van der Waals surface area contributed by atoms with Gasteiger partial charge in [-0.1, -0.05) is 28.4 Å². The number of carbonyl (C=O) groups excluding carboxylic acids is 1. The van der Waals surface area contributed by atoms with Gasteiger partial charge in [0, 0.05) is 6.07 Å². The molecule has 9 heteroatoms. The van der Waals surface area contributed by atoms with Crippen LogP contribution in [0.5, 0.6) is 0 Å². The maximum Gasteiger partial charge on any atom is 0.287 e. The number of rotatable bonds is 3. The summed E-state index contributed by atoms with van der Waals surface area (Å²) in [5, 5.41) is 9.61. The fraction of sp³-hybridized carbons (Fsp3) is 0.200. The molecule has 0 bridgehead atoms. The number of hydrogen-bond acceptors (Lipinski definition) is 5. The van der Waals surface area contributed by atoms with Gasteiger partial charge in [0.25, 0.3) is 5.56 Å². The van der Waals surface area contributed by atoms with Crippen molar-refractivity contribution in [2.75, 3.05) is 5.32 Å². The molecule has 0 aliphatic heterocycles. The lowest BCUT2D eigenvalue weighted by atomic mass is 10.4. The van der Waals surface area contributed by atoms with Gasteiger partial charge in [-0.25, -0.2) is 4.68 Å². The first-order valence-electron chi connectivity index (χ1n) is 5.11. The van der Waals surface area contributed by atoms with Crippen LogP contribution < -0.4 is 10.9 Å². The van der Waals surface area contributed by atoms with Gasteiger partial charge in [0.2, 0.25) is 5.91 Å². The number of nitrogens with zero attached hydrogens (tertiary/aromatic N) is 3. The zero-order valence-corrected chi connectivity index (χ0v) is 11.2. The van der Waals surface area contributed by atoms with E-state index in [1.165, 1.54) is 6.20 Å². The lowest BCUT2D eigenvalue weighted by Gasteiger charge is -2.04. The van der Waals surface area contributed by atoms with E-state index in [1.54, 1.807) is 13.0 Å². The topological polar surface area (TPSA) is 90.0 Å². The summed E-state index contributed by atoms with van der Waals surface area (Å²) >= 11 is 11.3. The molecule has 100 valence electrons. The van der Waals surface area contributed by atoms with E-state index in [-0.39, 0.29) is 22.4 Å². The lowest BCUT2D eigenvalue weighted by molar-refractivity contribution is -0.117. The van der Waals surface area contributed by atoms with E-state index < -0.39 is 11.5 Å². The van der Waals surface area contributed by atoms with Crippen LogP contribution in [0, 0.1) is 6.92 Å². The van der Waals surface area contributed by atoms with Gasteiger partial charge in [0.15, 0.2) is 5.82 Å². The van der Waals surface area contributed by atoms with Crippen LogP contribution in [-0.4, -0.2) is 20.8 Å². The number of anilines is 1. The van der Waals surface area contributed by atoms with Gasteiger partial charge < -0.3 is 9.84 Å². The second kappa shape index (κ2) is 5.41. The second-order valence-electron chi connectivity index (χ2n) is 3.64. The van der Waals surface area contributed by atoms with E-state index in [0.29, 0.717) is 5.76 Å². The molecule has 19 heavy (non-hydrogen) atoms. The molecular formula is C10H8Cl2N4O3. The van der Waals surface area contributed by atoms with Crippen molar-refractivity contribution in [3.8, 4) is 0 Å². The van der Waals surface area contributed by atoms with Crippen molar-refractivity contribution in [1.29, 1.82) is 0 Å². The Balaban J connectivity index is 2.11. The Bertz CT molecular complexity index is 680. The summed E-state index contributed by atoms with van der Waals surface area (Å²) in [6, 6.07) is 1.54. The van der Waals surface area contributed by atoms with E-state index in [1.807, 2.05) is 0 Å². The third-order valence-electron chi connectivity index (χ3n) is 2.13. The molecule has 7 nitrogen and oxygen atoms in total. The monoisotopic (exact) mass is 302 g/mol. The predicted molar refractivity (Wildman–Crippen MR) is 68.4 cm³/mol. The zero-order valence-electron chi connectivity index (χ0n) is 9.68. The Hall–Kier alpha value is -1.86. The first-order chi connectivity index (χ1) is 8.97. The van der Waals surface area contributed by atoms with Crippen molar-refractivity contribution in [3.05, 3.63) is 38.4 Å². The van der Waals surface area contributed by atoms with Crippen molar-refractivity contribution < 1.29 is 9.32 Å². The van der Waals surface area contributed by atoms with Crippen molar-refractivity contribution >= 4 is 34.9 Å². The molecule has 1 amide bonds. The molecule has 0 saturated carbocycles. The van der Waals surface area contributed by atoms with Crippen molar-refractivity contribution in [3.63, 3.8) is 0 Å². The maximum absolute atomic E-state index is 11.7. The molecule has 2 aromatic heterocycles. The van der Waals surface area contributed by atoms with Gasteiger partial charge in [0.1, 0.15) is 17.3 Å². The maximum atomic E-state index is 11.7. The number of hydrogen-bond donors (Lipinski definition) is 1. The van der Waals surface area contributed by atoms with Gasteiger partial charge >= 0.3 is 0 Å². The van der Waals surface area contributed by atoms with Crippen LogP contribution in [0.1, 0.15) is 5.76 Å². The third kappa shape index (κ3) is 3.12. The smallest absolute Gasteiger partial charge is 0.287 e. The molecule has 2 rings (SSSR count). The molecule has 0 fully saturated rings. The van der Waals surface area contributed by atoms with Crippen molar-refractivity contribution in [1.82, 2.24) is 14.9 Å². The molecule has 0 aromatic carbocycles. The molecule has 1 N–H and O–H groups in total. The molecular weight excluding hydrogens is 295 g/mol. The van der Waals surface area contributed by atoms with Crippen LogP contribution in [-0.2, 0) is 11.3 Å². The van der Waals surface area contributed by atoms with Gasteiger partial charge in [0.05, 0.1) is 11.2 Å². The number of aryl methyl sites for hydroxylation is 1. The Morgan fingerprint density at radius 1 is 1.53 bits per heavy atom. The van der Waals surface area contributed by atoms with Gasteiger partial charge in [-0.15, -0.1) is 0 Å². The van der Waals surface area contributed by atoms with Crippen LogP contribution in [0.3, 0.4) is 0 Å². The highest BCUT2D eigenvalue weighted by Gasteiger charge is 2.12. The Morgan fingerprint density at radius 3 is 2.89 bits per heavy atom. The van der Waals surface area contributed by atoms with E-state index in [4.69, 9.17) is 27.7 Å². The summed E-state index contributed by atoms with van der Waals surface area (Å²) in [5.41, 5.74) is -0.638. The highest BCUT2D eigenvalue weighted by molar-refractivity contribution is 6.41. The van der Waals surface area contributed by atoms with Crippen LogP contribution in [0.4, 0.5) is 5.82 Å². The zero-order chi connectivity index (χ0) is 14.0. The summed E-state index contributed by atoms with van der Waals surface area (Å²) in [6.45, 7) is 1.38. The normalized spacial score (nSPS) is 10.5. The standard InChI is InChI=1S/C10H8Cl2N4O3/c1-5-2-7(15-19-5)14-8(17)4-16-10(18)9(12)6(11)3-13-16/h2-3H,4H2,1H3,(H,14,15,17). The number of aromatic nitrogens is 3. The van der Waals surface area contributed by atoms with Crippen LogP contribution in [0.25, 0.3) is 0 Å². The van der Waals surface area contributed by atoms with Crippen molar-refractivity contribution in [2.45, 2.75) is 13.5 Å². The second-order valence-corrected chi connectivity index (χ2v) is 4.43. The summed E-state index contributed by atoms with van der Waals surface area (Å²) in [6.07, 6.45) is 1.19. The minimum atomic E-state index is -0.638. The fourth-order valence-electron chi connectivity index (χ4n) is 1.30. The first-order valence-corrected chi connectivity index (χ1v) is 5.87. The summed E-state index contributed by atoms with van der Waals surface area (Å²) < 4.78 is 5.69. The predicted octanol–water partition coefficient (Wildman–Crippen LogP) is 1.49. The summed E-state index contributed by atoms with van der Waals surface area (Å²) in [5.74, 6) is 0.331. The number of nitrogens with one attached hydrogen (secondary N) is 1. The van der Waals surface area contributed by atoms with Gasteiger partial charge in [-0.05, 0) is 6.92 Å². The van der Waals surface area contributed by atoms with Crippen LogP contribution in [0.2, 0.25) is 10.0 Å². The van der Waals surface area contributed by atoms with Crippen LogP contribution in [0.15, 0.2) is 21.6 Å². The highest BCUT2D eigenvalue weighted by Crippen LogP contribution is 2.14. The van der Waals surface area contributed by atoms with E-state index in [0.717, 1.165) is 4.68 Å². The molecule has 0 unspecified atom stereocenters. The van der Waals surface area contributed by atoms with E-state index >= 15 is 0 Å². The summed E-state index contributed by atoms with van der Waals surface area (Å²) in [7, 11) is 0. The molecule has 0 atom stereocenters. The quantitative estimate of drug-likeness (QED) is 0.927. The Labute approximate surface area is 117 Å². The average molecular weight is 303 g/mol. The molecule has 0 aliphatic carbocycles. The SMILES string of the molecule is Cc1cc(NC(=O)Cn2ncc(Cl)c(Cl)c2=O)no1. The van der Waals surface area contributed by atoms with E-state index in [2.05, 4.69) is 15.6 Å². The van der Waals surface area contributed by atoms with Crippen molar-refractivity contribution in [2.24, 2.45) is 0 Å². The first kappa shape index (κ1) is 13.6. The third-order valence-corrected chi connectivity index (χ3v) is 2.88. The fourth-order valence-corrected chi connectivity index (χ4v) is 1.57. The van der Waals surface area contributed by atoms with E-state index in [9.17, 15) is 9.59 Å². The number of halogens is 2. The minimum absolute atomic E-state index is 0.0375. The Kier molecular flexibility index (Phi) is 3.87. The number of amides is 1. The largest absolute Gasteiger partial charge is 0.360 e. The van der Waals surface area contributed by atoms with Gasteiger partial charge in [-0.2, -0.15) is 5.10 Å². The molecule has 0 radical (unpaired) electrons. The lowest BCUT2D eigenvalue weighted by Crippen LogP contribution is -2.29.